The molecule has 2 aromatic rings. The summed E-state index contributed by atoms with van der Waals surface area (Å²) in [5, 5.41) is 2.64. The van der Waals surface area contributed by atoms with Crippen molar-refractivity contribution in [2.75, 3.05) is 26.1 Å². The summed E-state index contributed by atoms with van der Waals surface area (Å²) in [5.41, 5.74) is 0.521. The maximum Gasteiger partial charge on any atom is 0.262 e. The maximum atomic E-state index is 13.6. The van der Waals surface area contributed by atoms with Crippen LogP contribution >= 0.6 is 15.9 Å². The summed E-state index contributed by atoms with van der Waals surface area (Å²) in [6.07, 6.45) is 0. The van der Waals surface area contributed by atoms with Gasteiger partial charge in [-0.25, -0.2) is 4.39 Å². The van der Waals surface area contributed by atoms with Crippen molar-refractivity contribution in [2.45, 2.75) is 0 Å². The highest BCUT2D eigenvalue weighted by molar-refractivity contribution is 9.10. The molecule has 0 aliphatic carbocycles. The van der Waals surface area contributed by atoms with Gasteiger partial charge in [-0.2, -0.15) is 0 Å². The molecule has 0 atom stereocenters. The van der Waals surface area contributed by atoms with Crippen LogP contribution in [0.1, 0.15) is 0 Å². The highest BCUT2D eigenvalue weighted by Crippen LogP contribution is 2.29. The normalized spacial score (nSPS) is 10.1. The van der Waals surface area contributed by atoms with Crippen molar-refractivity contribution in [2.24, 2.45) is 0 Å². The molecule has 1 amide bonds. The van der Waals surface area contributed by atoms with Crippen LogP contribution in [-0.2, 0) is 4.79 Å². The molecule has 0 radical (unpaired) electrons. The maximum absolute atomic E-state index is 13.6. The number of hydrogen-bond acceptors (Lipinski definition) is 4. The van der Waals surface area contributed by atoms with Crippen LogP contribution in [0.25, 0.3) is 0 Å². The predicted octanol–water partition coefficient (Wildman–Crippen LogP) is 3.62. The first-order valence-electron chi connectivity index (χ1n) is 6.63. The van der Waals surface area contributed by atoms with Gasteiger partial charge in [-0.3, -0.25) is 4.79 Å². The number of carbonyl (C=O) groups excluding carboxylic acids is 1. The summed E-state index contributed by atoms with van der Waals surface area (Å²) in [5.74, 6) is 0.0948. The molecule has 122 valence electrons. The first-order chi connectivity index (χ1) is 11.0. The van der Waals surface area contributed by atoms with Gasteiger partial charge in [-0.1, -0.05) is 15.9 Å². The summed E-state index contributed by atoms with van der Waals surface area (Å²) >= 11 is 3.15. The van der Waals surface area contributed by atoms with Gasteiger partial charge < -0.3 is 19.5 Å². The molecule has 1 N–H and O–H groups in total. The number of ether oxygens (including phenoxy) is 3. The van der Waals surface area contributed by atoms with Gasteiger partial charge in [0.05, 0.1) is 14.2 Å². The molecule has 0 spiro atoms. The summed E-state index contributed by atoms with van der Waals surface area (Å²) in [4.78, 5) is 11.9. The lowest BCUT2D eigenvalue weighted by molar-refractivity contribution is -0.118. The number of carbonyl (C=O) groups is 1. The minimum atomic E-state index is -0.543. The Morgan fingerprint density at radius 2 is 1.78 bits per heavy atom. The van der Waals surface area contributed by atoms with Crippen molar-refractivity contribution in [3.63, 3.8) is 0 Å². The van der Waals surface area contributed by atoms with E-state index in [0.717, 1.165) is 0 Å². The summed E-state index contributed by atoms with van der Waals surface area (Å²) in [7, 11) is 3.03. The second-order valence-corrected chi connectivity index (χ2v) is 5.40. The van der Waals surface area contributed by atoms with Crippen molar-refractivity contribution in [1.82, 2.24) is 0 Å². The van der Waals surface area contributed by atoms with Crippen LogP contribution < -0.4 is 19.5 Å². The number of halogens is 2. The monoisotopic (exact) mass is 383 g/mol. The zero-order valence-electron chi connectivity index (χ0n) is 12.6. The number of anilines is 1. The molecule has 0 bridgehead atoms. The van der Waals surface area contributed by atoms with Gasteiger partial charge in [0.15, 0.2) is 29.7 Å². The van der Waals surface area contributed by atoms with Crippen molar-refractivity contribution in [3.8, 4) is 17.2 Å². The molecule has 2 aromatic carbocycles. The fourth-order valence-electron chi connectivity index (χ4n) is 1.85. The Hall–Kier alpha value is -2.28. The Balaban J connectivity index is 1.97. The number of hydrogen-bond donors (Lipinski definition) is 1. The average molecular weight is 384 g/mol. The molecule has 7 heteroatoms. The third kappa shape index (κ3) is 4.59. The van der Waals surface area contributed by atoms with Gasteiger partial charge >= 0.3 is 0 Å². The molecule has 2 rings (SSSR count). The van der Waals surface area contributed by atoms with E-state index in [-0.39, 0.29) is 12.4 Å². The number of methoxy groups -OCH3 is 2. The van der Waals surface area contributed by atoms with E-state index < -0.39 is 11.7 Å². The molecule has 0 fully saturated rings. The van der Waals surface area contributed by atoms with Crippen LogP contribution in [-0.4, -0.2) is 26.7 Å². The van der Waals surface area contributed by atoms with Gasteiger partial charge in [-0.15, -0.1) is 0 Å². The van der Waals surface area contributed by atoms with E-state index >= 15 is 0 Å². The molecule has 5 nitrogen and oxygen atoms in total. The lowest BCUT2D eigenvalue weighted by atomic mass is 10.2. The smallest absolute Gasteiger partial charge is 0.262 e. The first kappa shape index (κ1) is 17.1. The molecule has 0 aromatic heterocycles. The highest BCUT2D eigenvalue weighted by atomic mass is 79.9. The lowest BCUT2D eigenvalue weighted by Gasteiger charge is -2.11. The predicted molar refractivity (Wildman–Crippen MR) is 87.8 cm³/mol. The van der Waals surface area contributed by atoms with E-state index in [0.29, 0.717) is 21.7 Å². The quantitative estimate of drug-likeness (QED) is 0.827. The van der Waals surface area contributed by atoms with Crippen LogP contribution in [0.5, 0.6) is 17.2 Å². The molecule has 0 aliphatic rings. The zero-order valence-corrected chi connectivity index (χ0v) is 14.1. The Morgan fingerprint density at radius 3 is 2.43 bits per heavy atom. The third-order valence-corrected chi connectivity index (χ3v) is 3.41. The Morgan fingerprint density at radius 1 is 1.09 bits per heavy atom. The Bertz CT molecular complexity index is 708. The average Bonchev–Trinajstić information content (AvgIpc) is 2.54. The first-order valence-corrected chi connectivity index (χ1v) is 7.42. The van der Waals surface area contributed by atoms with Crippen molar-refractivity contribution in [1.29, 1.82) is 0 Å². The molecule has 0 heterocycles. The summed E-state index contributed by atoms with van der Waals surface area (Å²) < 4.78 is 29.6. The standard InChI is InChI=1S/C16H15BrFNO4/c1-21-14-6-4-11(8-15(14)22-2)19-16(20)9-23-13-5-3-10(17)7-12(13)18/h3-8H,9H2,1-2H3,(H,19,20). The van der Waals surface area contributed by atoms with Crippen LogP contribution in [0.3, 0.4) is 0 Å². The topological polar surface area (TPSA) is 56.8 Å². The molecular weight excluding hydrogens is 369 g/mol. The fourth-order valence-corrected chi connectivity index (χ4v) is 2.18. The molecule has 23 heavy (non-hydrogen) atoms. The van der Waals surface area contributed by atoms with Crippen molar-refractivity contribution >= 4 is 27.5 Å². The van der Waals surface area contributed by atoms with Crippen LogP contribution in [0.15, 0.2) is 40.9 Å². The Labute approximate surface area is 141 Å². The Kier molecular flexibility index (Phi) is 5.81. The third-order valence-electron chi connectivity index (χ3n) is 2.92. The van der Waals surface area contributed by atoms with E-state index in [1.54, 1.807) is 24.3 Å². The van der Waals surface area contributed by atoms with E-state index in [2.05, 4.69) is 21.2 Å². The van der Waals surface area contributed by atoms with E-state index in [1.165, 1.54) is 26.4 Å². The van der Waals surface area contributed by atoms with Crippen LogP contribution in [0.4, 0.5) is 10.1 Å². The van der Waals surface area contributed by atoms with Gasteiger partial charge in [0, 0.05) is 16.2 Å². The van der Waals surface area contributed by atoms with E-state index in [4.69, 9.17) is 14.2 Å². The van der Waals surface area contributed by atoms with Crippen molar-refractivity contribution in [3.05, 3.63) is 46.7 Å². The number of nitrogens with one attached hydrogen (secondary N) is 1. The SMILES string of the molecule is COc1ccc(NC(=O)COc2ccc(Br)cc2F)cc1OC. The molecule has 0 saturated carbocycles. The van der Waals surface area contributed by atoms with Crippen LogP contribution in [0, 0.1) is 5.82 Å². The van der Waals surface area contributed by atoms with Gasteiger partial charge in [0.1, 0.15) is 0 Å². The number of amides is 1. The minimum Gasteiger partial charge on any atom is -0.493 e. The van der Waals surface area contributed by atoms with Gasteiger partial charge in [-0.05, 0) is 30.3 Å². The number of benzene rings is 2. The highest BCUT2D eigenvalue weighted by Gasteiger charge is 2.10. The van der Waals surface area contributed by atoms with Gasteiger partial charge in [0.2, 0.25) is 0 Å². The second kappa shape index (κ2) is 7.82. The molecule has 0 aliphatic heterocycles. The van der Waals surface area contributed by atoms with Gasteiger partial charge in [0.25, 0.3) is 5.91 Å². The lowest BCUT2D eigenvalue weighted by Crippen LogP contribution is -2.20. The largest absolute Gasteiger partial charge is 0.493 e. The zero-order chi connectivity index (χ0) is 16.8. The molecular formula is C16H15BrFNO4. The summed E-state index contributed by atoms with van der Waals surface area (Å²) in [6.45, 7) is -0.313. The molecule has 0 unspecified atom stereocenters. The van der Waals surface area contributed by atoms with E-state index in [1.807, 2.05) is 0 Å². The fraction of sp³-hybridized carbons (Fsp3) is 0.188. The molecule has 0 saturated heterocycles. The van der Waals surface area contributed by atoms with Crippen LogP contribution in [0.2, 0.25) is 0 Å². The second-order valence-electron chi connectivity index (χ2n) is 4.48. The van der Waals surface area contributed by atoms with E-state index in [9.17, 15) is 9.18 Å². The minimum absolute atomic E-state index is 0.00987. The summed E-state index contributed by atoms with van der Waals surface area (Å²) in [6, 6.07) is 9.30. The number of rotatable bonds is 6. The van der Waals surface area contributed by atoms with Crippen molar-refractivity contribution < 1.29 is 23.4 Å².